The summed E-state index contributed by atoms with van der Waals surface area (Å²) in [6.07, 6.45) is -2.55. The van der Waals surface area contributed by atoms with Gasteiger partial charge in [0.2, 0.25) is 11.9 Å². The maximum absolute atomic E-state index is 12.4. The summed E-state index contributed by atoms with van der Waals surface area (Å²) in [5.74, 6) is -0.433. The van der Waals surface area contributed by atoms with Gasteiger partial charge in [0.1, 0.15) is 18.8 Å². The van der Waals surface area contributed by atoms with Gasteiger partial charge in [0.05, 0.1) is 5.75 Å². The summed E-state index contributed by atoms with van der Waals surface area (Å²) in [6.45, 7) is 2.04. The number of hydrogen-bond donors (Lipinski definition) is 5. The number of anilines is 1. The quantitative estimate of drug-likeness (QED) is 0.133. The first-order chi connectivity index (χ1) is 16.9. The Morgan fingerprint density at radius 3 is 2.97 bits per heavy atom. The van der Waals surface area contributed by atoms with Crippen molar-refractivity contribution in [1.29, 1.82) is 0 Å². The van der Waals surface area contributed by atoms with Crippen molar-refractivity contribution in [3.05, 3.63) is 10.4 Å². The summed E-state index contributed by atoms with van der Waals surface area (Å²) in [4.78, 5) is 35.6. The molecule has 2 saturated heterocycles. The Hall–Kier alpha value is -2.17. The molecular formula is C18H27N7O8PS+. The van der Waals surface area contributed by atoms with E-state index in [1.54, 1.807) is 0 Å². The van der Waals surface area contributed by atoms with Gasteiger partial charge in [-0.2, -0.15) is 4.98 Å². The Balaban J connectivity index is 1.47. The molecule has 5 atom stereocenters. The van der Waals surface area contributed by atoms with Crippen molar-refractivity contribution in [3.8, 4) is 0 Å². The van der Waals surface area contributed by atoms with Crippen molar-refractivity contribution in [2.75, 3.05) is 44.4 Å². The summed E-state index contributed by atoms with van der Waals surface area (Å²) in [5, 5.41) is 13.9. The molecule has 0 saturated carbocycles. The van der Waals surface area contributed by atoms with Crippen molar-refractivity contribution in [2.45, 2.75) is 42.5 Å². The number of rotatable bonds is 11. The number of nitrogens with one attached hydrogen (secondary N) is 2. The molecule has 4 heterocycles. The van der Waals surface area contributed by atoms with Crippen molar-refractivity contribution in [1.82, 2.24) is 24.8 Å². The highest BCUT2D eigenvalue weighted by atomic mass is 32.2. The third-order valence-electron chi connectivity index (χ3n) is 5.27. The highest BCUT2D eigenvalue weighted by Crippen LogP contribution is 2.44. The van der Waals surface area contributed by atoms with Crippen molar-refractivity contribution >= 4 is 43.0 Å². The van der Waals surface area contributed by atoms with Crippen LogP contribution in [0.15, 0.2) is 9.95 Å². The Bertz CT molecular complexity index is 1130. The number of nitrogens with two attached hydrogens (primary N) is 2. The minimum atomic E-state index is -2.38. The van der Waals surface area contributed by atoms with Crippen molar-refractivity contribution in [2.24, 2.45) is 5.73 Å². The highest BCUT2D eigenvalue weighted by Gasteiger charge is 2.55. The van der Waals surface area contributed by atoms with Crippen LogP contribution in [0.2, 0.25) is 0 Å². The second kappa shape index (κ2) is 11.7. The molecule has 2 fully saturated rings. The number of fused-ring (bicyclic) bond motifs is 2. The lowest BCUT2D eigenvalue weighted by atomic mass is 10.1. The Kier molecular flexibility index (Phi) is 8.67. The number of nitrogens with zero attached hydrogens (tertiary/aromatic N) is 3. The lowest BCUT2D eigenvalue weighted by Gasteiger charge is -2.18. The Morgan fingerprint density at radius 2 is 2.17 bits per heavy atom. The molecule has 0 radical (unpaired) electrons. The van der Waals surface area contributed by atoms with Crippen LogP contribution in [-0.2, 0) is 27.9 Å². The second-order valence-corrected chi connectivity index (χ2v) is 9.64. The number of aromatic amines is 1. The molecule has 2 aromatic rings. The maximum atomic E-state index is 12.4. The molecule has 4 rings (SSSR count). The molecule has 2 aliphatic heterocycles. The van der Waals surface area contributed by atoms with E-state index in [0.717, 1.165) is 18.2 Å². The molecule has 2 aromatic heterocycles. The van der Waals surface area contributed by atoms with E-state index in [1.807, 2.05) is 0 Å². The van der Waals surface area contributed by atoms with E-state index in [-0.39, 0.29) is 40.5 Å². The number of aliphatic hydroxyl groups excluding tert-OH is 1. The number of carbonyl (C=O) groups excluding carboxylic acids is 1. The smallest absolute Gasteiger partial charge is 0.385 e. The second-order valence-electron chi connectivity index (χ2n) is 7.78. The number of hydrogen-bond acceptors (Lipinski definition) is 13. The van der Waals surface area contributed by atoms with Crippen molar-refractivity contribution in [3.63, 3.8) is 0 Å². The average Bonchev–Trinajstić information content (AvgIpc) is 3.34. The average molecular weight is 532 g/mol. The van der Waals surface area contributed by atoms with Gasteiger partial charge in [-0.1, -0.05) is 11.8 Å². The van der Waals surface area contributed by atoms with Crippen LogP contribution in [-0.4, -0.2) is 87.5 Å². The SMILES string of the molecule is NCCCOCCCNC(=O)CSc1nc2c(=O)[nH]c(N)nc2n1[C@@H]1OC2CO[P+](=O)O[C@H]2C1O. The lowest BCUT2D eigenvalue weighted by Crippen LogP contribution is -2.37. The van der Waals surface area contributed by atoms with Gasteiger partial charge in [-0.05, 0) is 19.4 Å². The molecule has 0 aliphatic carbocycles. The monoisotopic (exact) mass is 532 g/mol. The third kappa shape index (κ3) is 5.98. The normalized spacial score (nSPS) is 25.1. The molecule has 0 bridgehead atoms. The number of nitrogen functional groups attached to an aromatic ring is 1. The van der Waals surface area contributed by atoms with Crippen LogP contribution in [0, 0.1) is 0 Å². The molecule has 0 aromatic carbocycles. The zero-order valence-corrected chi connectivity index (χ0v) is 20.3. The van der Waals surface area contributed by atoms with Crippen molar-refractivity contribution < 1.29 is 33.0 Å². The first kappa shape index (κ1) is 25.9. The van der Waals surface area contributed by atoms with Gasteiger partial charge in [0, 0.05) is 24.3 Å². The fraction of sp³-hybridized carbons (Fsp3) is 0.667. The zero-order chi connectivity index (χ0) is 24.9. The van der Waals surface area contributed by atoms with E-state index < -0.39 is 38.4 Å². The summed E-state index contributed by atoms with van der Waals surface area (Å²) in [6, 6.07) is 0. The fourth-order valence-corrected chi connectivity index (χ4v) is 5.28. The van der Waals surface area contributed by atoms with Crippen LogP contribution in [0.5, 0.6) is 0 Å². The van der Waals surface area contributed by atoms with Crippen LogP contribution in [0.1, 0.15) is 19.1 Å². The van der Waals surface area contributed by atoms with Crippen LogP contribution < -0.4 is 22.3 Å². The van der Waals surface area contributed by atoms with Gasteiger partial charge in [-0.3, -0.25) is 19.1 Å². The molecular weight excluding hydrogens is 505 g/mol. The fourth-order valence-electron chi connectivity index (χ4n) is 3.64. The largest absolute Gasteiger partial charge is 0.697 e. The minimum absolute atomic E-state index is 0.0219. The minimum Gasteiger partial charge on any atom is -0.385 e. The number of H-pyrrole nitrogens is 1. The Morgan fingerprint density at radius 1 is 1.37 bits per heavy atom. The summed E-state index contributed by atoms with van der Waals surface area (Å²) in [7, 11) is -2.38. The van der Waals surface area contributed by atoms with E-state index in [9.17, 15) is 19.3 Å². The first-order valence-corrected chi connectivity index (χ1v) is 13.0. The van der Waals surface area contributed by atoms with E-state index in [4.69, 9.17) is 30.0 Å². The topological polar surface area (TPSA) is 219 Å². The molecule has 192 valence electrons. The van der Waals surface area contributed by atoms with E-state index in [0.29, 0.717) is 32.7 Å². The van der Waals surface area contributed by atoms with E-state index in [2.05, 4.69) is 20.3 Å². The molecule has 3 unspecified atom stereocenters. The van der Waals surface area contributed by atoms with Gasteiger partial charge < -0.3 is 31.4 Å². The predicted octanol–water partition coefficient (Wildman–Crippen LogP) is -1.00. The van der Waals surface area contributed by atoms with E-state index in [1.165, 1.54) is 4.57 Å². The molecule has 17 heteroatoms. The van der Waals surface area contributed by atoms with Gasteiger partial charge in [0.25, 0.3) is 5.56 Å². The van der Waals surface area contributed by atoms with Gasteiger partial charge in [-0.15, -0.1) is 9.05 Å². The molecule has 0 spiro atoms. The third-order valence-corrected chi connectivity index (χ3v) is 6.99. The van der Waals surface area contributed by atoms with Gasteiger partial charge >= 0.3 is 8.25 Å². The standard InChI is InChI=1S/C18H26N7O8PS/c19-3-1-5-30-6-2-4-21-10(26)8-35-18-22-11-14(23-17(20)24-15(11)28)25(18)16-12(27)13-9(32-16)7-31-34(29)33-13/h9,12-13,16,27H,1-8,19H2,(H3-,20,21,23,24,26,28)/p+1/t9?,12?,13-,16-/m1/s1. The number of ether oxygens (including phenoxy) is 2. The lowest BCUT2D eigenvalue weighted by molar-refractivity contribution is -0.118. The molecule has 15 nitrogen and oxygen atoms in total. The molecule has 7 N–H and O–H groups in total. The number of carbonyl (C=O) groups is 1. The van der Waals surface area contributed by atoms with Gasteiger partial charge in [-0.25, -0.2) is 4.98 Å². The van der Waals surface area contributed by atoms with Crippen LogP contribution in [0.25, 0.3) is 11.2 Å². The summed E-state index contributed by atoms with van der Waals surface area (Å²) < 4.78 is 34.5. The number of thioether (sulfide) groups is 1. The first-order valence-electron chi connectivity index (χ1n) is 10.9. The molecule has 2 aliphatic rings. The van der Waals surface area contributed by atoms with Crippen LogP contribution in [0.4, 0.5) is 5.95 Å². The highest BCUT2D eigenvalue weighted by molar-refractivity contribution is 7.99. The zero-order valence-electron chi connectivity index (χ0n) is 18.6. The van der Waals surface area contributed by atoms with Gasteiger partial charge in [0.15, 0.2) is 28.7 Å². The summed E-state index contributed by atoms with van der Waals surface area (Å²) in [5.41, 5.74) is 10.6. The predicted molar refractivity (Wildman–Crippen MR) is 124 cm³/mol. The van der Waals surface area contributed by atoms with Crippen LogP contribution >= 0.6 is 20.0 Å². The number of aliphatic hydroxyl groups is 1. The van der Waals surface area contributed by atoms with Crippen LogP contribution in [0.3, 0.4) is 0 Å². The maximum Gasteiger partial charge on any atom is 0.697 e. The number of amides is 1. The number of aromatic nitrogens is 4. The summed E-state index contributed by atoms with van der Waals surface area (Å²) >= 11 is 1.03. The molecule has 35 heavy (non-hydrogen) atoms. The van der Waals surface area contributed by atoms with E-state index >= 15 is 0 Å². The molecule has 1 amide bonds. The Labute approximate surface area is 204 Å². The number of imidazole rings is 1.